The van der Waals surface area contributed by atoms with Crippen molar-refractivity contribution in [2.24, 2.45) is 0 Å². The summed E-state index contributed by atoms with van der Waals surface area (Å²) in [5.41, 5.74) is 0. The van der Waals surface area contributed by atoms with E-state index in [1.54, 1.807) is 0 Å². The fourth-order valence-electron chi connectivity index (χ4n) is 0.372. The molecule has 0 aromatic rings. The van der Waals surface area contributed by atoms with E-state index in [-0.39, 0.29) is 19.3 Å². The Labute approximate surface area is 80.2 Å². The lowest BCUT2D eigenvalue weighted by Gasteiger charge is -2.06. The lowest BCUT2D eigenvalue weighted by molar-refractivity contribution is 0.0254. The van der Waals surface area contributed by atoms with Gasteiger partial charge in [0.2, 0.25) is 0 Å². The molecular formula is C9H22O4. The lowest BCUT2D eigenvalue weighted by Crippen LogP contribution is -2.12. The van der Waals surface area contributed by atoms with Crippen LogP contribution in [-0.2, 0) is 4.74 Å². The van der Waals surface area contributed by atoms with Crippen molar-refractivity contribution in [1.29, 1.82) is 0 Å². The van der Waals surface area contributed by atoms with Crippen LogP contribution in [-0.4, -0.2) is 47.3 Å². The predicted molar refractivity (Wildman–Crippen MR) is 51.6 cm³/mol. The second kappa shape index (κ2) is 11.8. The molecule has 0 rings (SSSR count). The highest BCUT2D eigenvalue weighted by Gasteiger charge is 1.95. The molecule has 0 saturated heterocycles. The Morgan fingerprint density at radius 1 is 1.15 bits per heavy atom. The van der Waals surface area contributed by atoms with Crippen molar-refractivity contribution in [3.63, 3.8) is 0 Å². The van der Waals surface area contributed by atoms with Gasteiger partial charge in [-0.05, 0) is 20.3 Å². The third-order valence-corrected chi connectivity index (χ3v) is 1.13. The molecule has 0 radical (unpaired) electrons. The minimum Gasteiger partial charge on any atom is -0.394 e. The summed E-state index contributed by atoms with van der Waals surface area (Å²) in [7, 11) is 0. The monoisotopic (exact) mass is 194 g/mol. The van der Waals surface area contributed by atoms with E-state index in [9.17, 15) is 0 Å². The highest BCUT2D eigenvalue weighted by Crippen LogP contribution is 1.88. The van der Waals surface area contributed by atoms with Crippen LogP contribution in [0.3, 0.4) is 0 Å². The molecule has 0 amide bonds. The lowest BCUT2D eigenvalue weighted by atomic mass is 10.4. The third-order valence-electron chi connectivity index (χ3n) is 1.13. The summed E-state index contributed by atoms with van der Waals surface area (Å²) < 4.78 is 5.09. The van der Waals surface area contributed by atoms with E-state index in [0.29, 0.717) is 0 Å². The van der Waals surface area contributed by atoms with Crippen molar-refractivity contribution in [1.82, 2.24) is 0 Å². The van der Waals surface area contributed by atoms with Crippen LogP contribution in [0.15, 0.2) is 0 Å². The van der Waals surface area contributed by atoms with Crippen molar-refractivity contribution in [3.05, 3.63) is 0 Å². The highest BCUT2D eigenvalue weighted by molar-refractivity contribution is 4.42. The van der Waals surface area contributed by atoms with Gasteiger partial charge in [0.1, 0.15) is 0 Å². The molecular weight excluding hydrogens is 172 g/mol. The summed E-state index contributed by atoms with van der Waals surface area (Å²) in [5.74, 6) is 0. The minimum atomic E-state index is -0.560. The first-order valence-electron chi connectivity index (χ1n) is 4.59. The summed E-state index contributed by atoms with van der Waals surface area (Å²) in [6.45, 7) is 6.17. The fraction of sp³-hybridized carbons (Fsp3) is 1.00. The quantitative estimate of drug-likeness (QED) is 0.583. The van der Waals surface area contributed by atoms with Gasteiger partial charge in [-0.3, -0.25) is 0 Å². The Kier molecular flexibility index (Phi) is 14.0. The van der Waals surface area contributed by atoms with Crippen LogP contribution in [0.2, 0.25) is 0 Å². The van der Waals surface area contributed by atoms with Gasteiger partial charge < -0.3 is 20.1 Å². The van der Waals surface area contributed by atoms with E-state index in [0.717, 1.165) is 13.0 Å². The predicted octanol–water partition coefficient (Wildman–Crippen LogP) is 0.153. The van der Waals surface area contributed by atoms with Crippen LogP contribution in [0.25, 0.3) is 0 Å². The molecule has 4 heteroatoms. The highest BCUT2D eigenvalue weighted by atomic mass is 16.5. The Bertz CT molecular complexity index is 85.7. The van der Waals surface area contributed by atoms with Gasteiger partial charge in [-0.15, -0.1) is 0 Å². The number of aliphatic hydroxyl groups is 3. The number of aliphatic hydroxyl groups excluding tert-OH is 3. The molecule has 0 aliphatic rings. The maximum atomic E-state index is 8.44. The van der Waals surface area contributed by atoms with Crippen molar-refractivity contribution in [3.8, 4) is 0 Å². The van der Waals surface area contributed by atoms with E-state index >= 15 is 0 Å². The molecule has 0 spiro atoms. The first kappa shape index (κ1) is 15.3. The summed E-state index contributed by atoms with van der Waals surface area (Å²) in [5, 5.41) is 24.4. The van der Waals surface area contributed by atoms with Gasteiger partial charge in [0.25, 0.3) is 0 Å². The average molecular weight is 194 g/mol. The van der Waals surface area contributed by atoms with E-state index in [4.69, 9.17) is 20.1 Å². The molecule has 0 aliphatic carbocycles. The van der Waals surface area contributed by atoms with Crippen LogP contribution in [0.5, 0.6) is 0 Å². The van der Waals surface area contributed by atoms with Gasteiger partial charge in [-0.2, -0.15) is 0 Å². The molecule has 0 bridgehead atoms. The van der Waals surface area contributed by atoms with Crippen LogP contribution in [0.4, 0.5) is 0 Å². The molecule has 3 N–H and O–H groups in total. The zero-order valence-electron chi connectivity index (χ0n) is 8.73. The molecule has 0 aromatic carbocycles. The van der Waals surface area contributed by atoms with Gasteiger partial charge in [0.05, 0.1) is 25.4 Å². The smallest absolute Gasteiger partial charge is 0.0777 e. The summed E-state index contributed by atoms with van der Waals surface area (Å²) in [6.07, 6.45) is 0.467. The molecule has 0 aromatic heterocycles. The molecule has 2 unspecified atom stereocenters. The van der Waals surface area contributed by atoms with E-state index in [2.05, 4.69) is 0 Å². The Morgan fingerprint density at radius 2 is 1.62 bits per heavy atom. The Morgan fingerprint density at radius 3 is 1.85 bits per heavy atom. The van der Waals surface area contributed by atoms with Gasteiger partial charge in [-0.25, -0.2) is 0 Å². The van der Waals surface area contributed by atoms with E-state index in [1.807, 2.05) is 13.8 Å². The van der Waals surface area contributed by atoms with Crippen LogP contribution in [0.1, 0.15) is 27.2 Å². The molecule has 0 aliphatic heterocycles. The Hall–Kier alpha value is -0.160. The number of hydrogen-bond acceptors (Lipinski definition) is 4. The second-order valence-electron chi connectivity index (χ2n) is 2.90. The first-order chi connectivity index (χ1) is 6.08. The van der Waals surface area contributed by atoms with Crippen molar-refractivity contribution in [2.45, 2.75) is 39.4 Å². The number of rotatable bonds is 5. The van der Waals surface area contributed by atoms with E-state index in [1.165, 1.54) is 6.92 Å². The number of hydrogen-bond donors (Lipinski definition) is 3. The summed E-state index contributed by atoms with van der Waals surface area (Å²) in [4.78, 5) is 0. The normalized spacial score (nSPS) is 14.3. The zero-order chi connectivity index (χ0) is 10.7. The topological polar surface area (TPSA) is 69.9 Å². The molecule has 82 valence electrons. The average Bonchev–Trinajstić information content (AvgIpc) is 2.15. The molecule has 0 fully saturated rings. The van der Waals surface area contributed by atoms with Gasteiger partial charge in [-0.1, -0.05) is 6.92 Å². The maximum absolute atomic E-state index is 8.44. The van der Waals surface area contributed by atoms with Crippen molar-refractivity contribution >= 4 is 0 Å². The van der Waals surface area contributed by atoms with Crippen molar-refractivity contribution < 1.29 is 20.1 Å². The number of ether oxygens (including phenoxy) is 1. The van der Waals surface area contributed by atoms with Crippen LogP contribution < -0.4 is 0 Å². The van der Waals surface area contributed by atoms with Gasteiger partial charge in [0, 0.05) is 6.61 Å². The third kappa shape index (κ3) is 18.7. The summed E-state index contributed by atoms with van der Waals surface area (Å²) >= 11 is 0. The maximum Gasteiger partial charge on any atom is 0.0777 e. The summed E-state index contributed by atoms with van der Waals surface area (Å²) in [6, 6.07) is 0. The second-order valence-corrected chi connectivity index (χ2v) is 2.90. The first-order valence-corrected chi connectivity index (χ1v) is 4.59. The SMILES string of the molecule is CC(O)CO.CCCOC(C)CO. The van der Waals surface area contributed by atoms with Crippen LogP contribution in [0, 0.1) is 0 Å². The molecule has 0 saturated carbocycles. The van der Waals surface area contributed by atoms with Gasteiger partial charge >= 0.3 is 0 Å². The molecule has 0 heterocycles. The largest absolute Gasteiger partial charge is 0.394 e. The van der Waals surface area contributed by atoms with Gasteiger partial charge in [0.15, 0.2) is 0 Å². The van der Waals surface area contributed by atoms with Crippen molar-refractivity contribution in [2.75, 3.05) is 19.8 Å². The molecule has 4 nitrogen and oxygen atoms in total. The molecule has 2 atom stereocenters. The van der Waals surface area contributed by atoms with E-state index < -0.39 is 6.10 Å². The Balaban J connectivity index is 0. The van der Waals surface area contributed by atoms with Crippen LogP contribution >= 0.6 is 0 Å². The standard InChI is InChI=1S/C6H14O2.C3H8O2/c1-3-4-8-6(2)5-7;1-3(5)2-4/h6-7H,3-5H2,1-2H3;3-5H,2H2,1H3. The zero-order valence-corrected chi connectivity index (χ0v) is 8.73. The minimum absolute atomic E-state index is 0.00921. The molecule has 13 heavy (non-hydrogen) atoms. The fourth-order valence-corrected chi connectivity index (χ4v) is 0.372.